The number of fused-ring (bicyclic) bond motifs is 1. The second-order valence-corrected chi connectivity index (χ2v) is 6.51. The molecule has 0 saturated heterocycles. The smallest absolute Gasteiger partial charge is 0.231 e. The van der Waals surface area contributed by atoms with Crippen molar-refractivity contribution in [2.24, 2.45) is 0 Å². The predicted molar refractivity (Wildman–Crippen MR) is 116 cm³/mol. The summed E-state index contributed by atoms with van der Waals surface area (Å²) in [7, 11) is 0. The van der Waals surface area contributed by atoms with E-state index >= 15 is 0 Å². The third-order valence-corrected chi connectivity index (χ3v) is 4.43. The first-order valence-electron chi connectivity index (χ1n) is 9.44. The molecular weight excluding hydrogens is 360 g/mol. The maximum Gasteiger partial charge on any atom is 0.231 e. The summed E-state index contributed by atoms with van der Waals surface area (Å²) in [6, 6.07) is 25.2. The third-order valence-electron chi connectivity index (χ3n) is 4.43. The number of ether oxygens (including phenoxy) is 2. The molecule has 3 aromatic carbocycles. The van der Waals surface area contributed by atoms with E-state index in [-0.39, 0.29) is 5.78 Å². The van der Waals surface area contributed by atoms with Gasteiger partial charge in [0.15, 0.2) is 5.76 Å². The Bertz CT molecular complexity index is 1080. The Hall–Kier alpha value is -3.85. The molecule has 0 radical (unpaired) electrons. The van der Waals surface area contributed by atoms with Crippen LogP contribution in [0.15, 0.2) is 103 Å². The molecular formula is C26H20O3. The molecule has 4 rings (SSSR count). The van der Waals surface area contributed by atoms with Gasteiger partial charge in [-0.2, -0.15) is 0 Å². The van der Waals surface area contributed by atoms with Gasteiger partial charge in [0, 0.05) is 6.07 Å². The summed E-state index contributed by atoms with van der Waals surface area (Å²) in [6.07, 6.45) is 9.40. The van der Waals surface area contributed by atoms with Gasteiger partial charge in [-0.15, -0.1) is 0 Å². The highest BCUT2D eigenvalue weighted by Gasteiger charge is 2.27. The van der Waals surface area contributed by atoms with Gasteiger partial charge in [0.2, 0.25) is 5.78 Å². The van der Waals surface area contributed by atoms with Gasteiger partial charge in [0.1, 0.15) is 18.1 Å². The maximum atomic E-state index is 12.5. The van der Waals surface area contributed by atoms with E-state index in [4.69, 9.17) is 9.47 Å². The number of benzene rings is 3. The van der Waals surface area contributed by atoms with Crippen LogP contribution in [0.3, 0.4) is 0 Å². The molecule has 0 amide bonds. The van der Waals surface area contributed by atoms with Gasteiger partial charge in [0.05, 0.1) is 5.56 Å². The molecule has 142 valence electrons. The molecule has 1 aliphatic heterocycles. The molecule has 0 aliphatic carbocycles. The van der Waals surface area contributed by atoms with Crippen molar-refractivity contribution in [1.29, 1.82) is 0 Å². The summed E-state index contributed by atoms with van der Waals surface area (Å²) in [4.78, 5) is 12.5. The Kier molecular flexibility index (Phi) is 5.68. The predicted octanol–water partition coefficient (Wildman–Crippen LogP) is 5.95. The molecule has 0 unspecified atom stereocenters. The van der Waals surface area contributed by atoms with Crippen molar-refractivity contribution in [3.63, 3.8) is 0 Å². The largest absolute Gasteiger partial charge is 0.489 e. The zero-order valence-corrected chi connectivity index (χ0v) is 15.8. The van der Waals surface area contributed by atoms with E-state index in [1.807, 2.05) is 85.0 Å². The first-order chi connectivity index (χ1) is 14.3. The summed E-state index contributed by atoms with van der Waals surface area (Å²) in [5.74, 6) is 1.38. The fraction of sp³-hybridized carbons (Fsp3) is 0.0385. The molecule has 29 heavy (non-hydrogen) atoms. The lowest BCUT2D eigenvalue weighted by Gasteiger charge is -2.04. The van der Waals surface area contributed by atoms with Gasteiger partial charge in [-0.3, -0.25) is 4.79 Å². The monoisotopic (exact) mass is 380 g/mol. The number of hydrogen-bond acceptors (Lipinski definition) is 3. The minimum atomic E-state index is -0.117. The van der Waals surface area contributed by atoms with E-state index < -0.39 is 0 Å². The minimum Gasteiger partial charge on any atom is -0.489 e. The highest BCUT2D eigenvalue weighted by atomic mass is 16.5. The number of allylic oxidation sites excluding steroid dienone is 3. The van der Waals surface area contributed by atoms with Crippen LogP contribution in [0.25, 0.3) is 12.2 Å². The average Bonchev–Trinajstić information content (AvgIpc) is 3.08. The summed E-state index contributed by atoms with van der Waals surface area (Å²) in [5.41, 5.74) is 2.74. The topological polar surface area (TPSA) is 35.5 Å². The van der Waals surface area contributed by atoms with E-state index in [0.29, 0.717) is 29.4 Å². The Morgan fingerprint density at radius 1 is 0.828 bits per heavy atom. The number of carbonyl (C=O) groups is 1. The van der Waals surface area contributed by atoms with E-state index in [1.54, 1.807) is 24.3 Å². The molecule has 1 aliphatic rings. The van der Waals surface area contributed by atoms with E-state index in [9.17, 15) is 4.79 Å². The van der Waals surface area contributed by atoms with Crippen LogP contribution >= 0.6 is 0 Å². The third kappa shape index (κ3) is 4.71. The van der Waals surface area contributed by atoms with Crippen molar-refractivity contribution in [2.75, 3.05) is 6.61 Å². The molecule has 0 bridgehead atoms. The number of rotatable bonds is 6. The van der Waals surface area contributed by atoms with Crippen LogP contribution in [0.2, 0.25) is 0 Å². The van der Waals surface area contributed by atoms with Crippen molar-refractivity contribution in [2.45, 2.75) is 0 Å². The van der Waals surface area contributed by atoms with Crippen LogP contribution in [0.5, 0.6) is 11.5 Å². The molecule has 0 aromatic heterocycles. The highest BCUT2D eigenvalue weighted by Crippen LogP contribution is 2.34. The van der Waals surface area contributed by atoms with Gasteiger partial charge < -0.3 is 9.47 Å². The first-order valence-corrected chi connectivity index (χ1v) is 9.44. The van der Waals surface area contributed by atoms with Gasteiger partial charge in [-0.05, 0) is 35.4 Å². The highest BCUT2D eigenvalue weighted by molar-refractivity contribution is 6.12. The van der Waals surface area contributed by atoms with Gasteiger partial charge >= 0.3 is 0 Å². The van der Waals surface area contributed by atoms with Crippen molar-refractivity contribution < 1.29 is 14.3 Å². The zero-order valence-electron chi connectivity index (χ0n) is 15.8. The van der Waals surface area contributed by atoms with E-state index in [0.717, 1.165) is 11.1 Å². The molecule has 0 N–H and O–H groups in total. The second-order valence-electron chi connectivity index (χ2n) is 6.51. The lowest BCUT2D eigenvalue weighted by atomic mass is 10.1. The van der Waals surface area contributed by atoms with Crippen LogP contribution in [-0.2, 0) is 0 Å². The Morgan fingerprint density at radius 3 is 2.24 bits per heavy atom. The molecule has 0 fully saturated rings. The van der Waals surface area contributed by atoms with Crippen LogP contribution in [-0.4, -0.2) is 12.4 Å². The summed E-state index contributed by atoms with van der Waals surface area (Å²) >= 11 is 0. The van der Waals surface area contributed by atoms with Crippen molar-refractivity contribution in [3.05, 3.63) is 120 Å². The number of hydrogen-bond donors (Lipinski definition) is 0. The molecule has 3 nitrogen and oxygen atoms in total. The number of Topliss-reactive ketones (excluding diaryl/α,β-unsaturated/α-hetero) is 1. The lowest BCUT2D eigenvalue weighted by Crippen LogP contribution is -1.97. The fourth-order valence-corrected chi connectivity index (χ4v) is 2.98. The van der Waals surface area contributed by atoms with Crippen molar-refractivity contribution >= 4 is 17.9 Å². The van der Waals surface area contributed by atoms with Crippen molar-refractivity contribution in [3.8, 4) is 11.5 Å². The van der Waals surface area contributed by atoms with Crippen molar-refractivity contribution in [1.82, 2.24) is 0 Å². The van der Waals surface area contributed by atoms with E-state index in [1.165, 1.54) is 0 Å². The van der Waals surface area contributed by atoms with E-state index in [2.05, 4.69) is 0 Å². The molecule has 3 aromatic rings. The molecule has 0 spiro atoms. The molecule has 0 saturated carbocycles. The van der Waals surface area contributed by atoms with Gasteiger partial charge in [-0.1, -0.05) is 78.9 Å². The normalized spacial score (nSPS) is 14.5. The standard InChI is InChI=1S/C26H20O3/c27-26-23-17-16-22(28-18-8-14-21-11-5-2-6-12-21)19-25(23)29-24(26)15-7-13-20-9-3-1-4-10-20/h1-17,19H,18H2. The summed E-state index contributed by atoms with van der Waals surface area (Å²) < 4.78 is 11.5. The fourth-order valence-electron chi connectivity index (χ4n) is 2.98. The Morgan fingerprint density at radius 2 is 1.52 bits per heavy atom. The summed E-state index contributed by atoms with van der Waals surface area (Å²) in [5, 5.41) is 0. The van der Waals surface area contributed by atoms with Gasteiger partial charge in [-0.25, -0.2) is 0 Å². The molecule has 3 heteroatoms. The SMILES string of the molecule is O=C1C(=CC=Cc2ccccc2)Oc2cc(OCC=Cc3ccccc3)ccc21. The van der Waals surface area contributed by atoms with Crippen LogP contribution in [0, 0.1) is 0 Å². The first kappa shape index (κ1) is 18.5. The molecule has 0 atom stereocenters. The minimum absolute atomic E-state index is 0.117. The Labute approximate surface area is 170 Å². The van der Waals surface area contributed by atoms with Gasteiger partial charge in [0.25, 0.3) is 0 Å². The quantitative estimate of drug-likeness (QED) is 0.496. The lowest BCUT2D eigenvalue weighted by molar-refractivity contribution is 0.101. The molecule has 1 heterocycles. The Balaban J connectivity index is 1.38. The maximum absolute atomic E-state index is 12.5. The van der Waals surface area contributed by atoms with Crippen LogP contribution in [0.1, 0.15) is 21.5 Å². The number of carbonyl (C=O) groups excluding carboxylic acids is 1. The average molecular weight is 380 g/mol. The number of ketones is 1. The van der Waals surface area contributed by atoms with Crippen LogP contribution in [0.4, 0.5) is 0 Å². The second kappa shape index (κ2) is 8.89. The zero-order chi connectivity index (χ0) is 19.9. The van der Waals surface area contributed by atoms with Crippen LogP contribution < -0.4 is 9.47 Å². The summed E-state index contributed by atoms with van der Waals surface area (Å²) in [6.45, 7) is 0.435.